The fraction of sp³-hybridized carbons (Fsp3) is 0.500. The molecule has 0 aliphatic carbocycles. The molecule has 0 saturated heterocycles. The third-order valence-corrected chi connectivity index (χ3v) is 5.18. The van der Waals surface area contributed by atoms with Crippen molar-refractivity contribution in [2.75, 3.05) is 40.4 Å². The minimum absolute atomic E-state index is 0. The van der Waals surface area contributed by atoms with Crippen LogP contribution in [0.15, 0.2) is 29.3 Å². The molecule has 8 heteroatoms. The van der Waals surface area contributed by atoms with E-state index in [-0.39, 0.29) is 24.0 Å². The number of aliphatic imine (C=N–C) groups is 1. The van der Waals surface area contributed by atoms with E-state index >= 15 is 0 Å². The predicted octanol–water partition coefficient (Wildman–Crippen LogP) is 3.91. The van der Waals surface area contributed by atoms with Gasteiger partial charge in [-0.3, -0.25) is 4.99 Å². The fourth-order valence-electron chi connectivity index (χ4n) is 2.62. The van der Waals surface area contributed by atoms with Crippen LogP contribution in [0.5, 0.6) is 11.5 Å². The number of aromatic nitrogens is 1. The standard InChI is InChI=1S/C20H30N4O2S.HI/c1-6-21-20(22-12-11-19-15(2)23-16(3)27-19)24(4)13-14-26-18-9-7-17(25-5)8-10-18;/h7-10H,6,11-14H2,1-5H3,(H,21,22);1H. The number of hydrogen-bond acceptors (Lipinski definition) is 5. The molecule has 2 rings (SSSR count). The highest BCUT2D eigenvalue weighted by Crippen LogP contribution is 2.18. The van der Waals surface area contributed by atoms with E-state index in [1.54, 1.807) is 18.4 Å². The van der Waals surface area contributed by atoms with Crippen LogP contribution >= 0.6 is 35.3 Å². The predicted molar refractivity (Wildman–Crippen MR) is 128 cm³/mol. The second-order valence-corrected chi connectivity index (χ2v) is 7.46. The molecular formula is C20H31IN4O2S. The number of likely N-dealkylation sites (N-methyl/N-ethyl adjacent to an activating group) is 1. The summed E-state index contributed by atoms with van der Waals surface area (Å²) in [6, 6.07) is 7.62. The van der Waals surface area contributed by atoms with E-state index in [2.05, 4.69) is 29.0 Å². The number of hydrogen-bond donors (Lipinski definition) is 1. The summed E-state index contributed by atoms with van der Waals surface area (Å²) in [7, 11) is 3.69. The van der Waals surface area contributed by atoms with Crippen LogP contribution in [-0.2, 0) is 6.42 Å². The highest BCUT2D eigenvalue weighted by molar-refractivity contribution is 14.0. The molecule has 0 saturated carbocycles. The van der Waals surface area contributed by atoms with Gasteiger partial charge in [0, 0.05) is 31.4 Å². The molecule has 0 radical (unpaired) electrons. The number of halogens is 1. The first-order valence-electron chi connectivity index (χ1n) is 9.22. The van der Waals surface area contributed by atoms with Gasteiger partial charge in [0.2, 0.25) is 0 Å². The zero-order valence-corrected chi connectivity index (χ0v) is 20.5. The molecule has 156 valence electrons. The van der Waals surface area contributed by atoms with Gasteiger partial charge in [-0.05, 0) is 45.0 Å². The van der Waals surface area contributed by atoms with Crippen molar-refractivity contribution >= 4 is 41.3 Å². The van der Waals surface area contributed by atoms with Crippen molar-refractivity contribution < 1.29 is 9.47 Å². The van der Waals surface area contributed by atoms with E-state index < -0.39 is 0 Å². The van der Waals surface area contributed by atoms with Crippen LogP contribution in [0.1, 0.15) is 22.5 Å². The van der Waals surface area contributed by atoms with Crippen LogP contribution in [0.2, 0.25) is 0 Å². The Bertz CT molecular complexity index is 734. The first kappa shape index (κ1) is 24.5. The molecule has 0 atom stereocenters. The first-order chi connectivity index (χ1) is 13.0. The molecular weight excluding hydrogens is 487 g/mol. The van der Waals surface area contributed by atoms with Crippen molar-refractivity contribution in [3.63, 3.8) is 0 Å². The summed E-state index contributed by atoms with van der Waals surface area (Å²) in [5.41, 5.74) is 1.12. The first-order valence-corrected chi connectivity index (χ1v) is 10.0. The SMILES string of the molecule is CCNC(=NCCc1sc(C)nc1C)N(C)CCOc1ccc(OC)cc1.I. The van der Waals surface area contributed by atoms with Crippen molar-refractivity contribution in [1.82, 2.24) is 15.2 Å². The van der Waals surface area contributed by atoms with Gasteiger partial charge in [0.15, 0.2) is 5.96 Å². The van der Waals surface area contributed by atoms with Gasteiger partial charge < -0.3 is 19.7 Å². The maximum Gasteiger partial charge on any atom is 0.193 e. The van der Waals surface area contributed by atoms with Crippen LogP contribution < -0.4 is 14.8 Å². The fourth-order valence-corrected chi connectivity index (χ4v) is 3.54. The topological polar surface area (TPSA) is 59.0 Å². The lowest BCUT2D eigenvalue weighted by Gasteiger charge is -2.22. The van der Waals surface area contributed by atoms with Crippen LogP contribution in [0.25, 0.3) is 0 Å². The molecule has 0 spiro atoms. The van der Waals surface area contributed by atoms with E-state index in [0.29, 0.717) is 6.61 Å². The Morgan fingerprint density at radius 3 is 2.46 bits per heavy atom. The quantitative estimate of drug-likeness (QED) is 0.310. The van der Waals surface area contributed by atoms with Gasteiger partial charge in [-0.25, -0.2) is 4.98 Å². The summed E-state index contributed by atoms with van der Waals surface area (Å²) < 4.78 is 11.0. The second-order valence-electron chi connectivity index (χ2n) is 6.17. The Kier molecular flexibility index (Phi) is 11.2. The van der Waals surface area contributed by atoms with Crippen LogP contribution in [0.3, 0.4) is 0 Å². The zero-order chi connectivity index (χ0) is 19.6. The Morgan fingerprint density at radius 1 is 1.21 bits per heavy atom. The minimum Gasteiger partial charge on any atom is -0.497 e. The Hall–Kier alpha value is -1.55. The average Bonchev–Trinajstić information content (AvgIpc) is 2.98. The third kappa shape index (κ3) is 7.83. The minimum atomic E-state index is 0. The third-order valence-electron chi connectivity index (χ3n) is 4.05. The van der Waals surface area contributed by atoms with Crippen LogP contribution in [-0.4, -0.2) is 56.2 Å². The molecule has 0 aliphatic rings. The molecule has 1 aromatic carbocycles. The summed E-state index contributed by atoms with van der Waals surface area (Å²) in [5, 5.41) is 4.46. The highest BCUT2D eigenvalue weighted by Gasteiger charge is 2.08. The number of rotatable bonds is 9. The Labute approximate surface area is 189 Å². The molecule has 1 N–H and O–H groups in total. The number of nitrogens with zero attached hydrogens (tertiary/aromatic N) is 3. The smallest absolute Gasteiger partial charge is 0.193 e. The normalized spacial score (nSPS) is 11.0. The van der Waals surface area contributed by atoms with Gasteiger partial charge >= 0.3 is 0 Å². The van der Waals surface area contributed by atoms with Crippen LogP contribution in [0, 0.1) is 13.8 Å². The van der Waals surface area contributed by atoms with Crippen LogP contribution in [0.4, 0.5) is 0 Å². The van der Waals surface area contributed by atoms with Crippen molar-refractivity contribution in [1.29, 1.82) is 0 Å². The number of thiazole rings is 1. The summed E-state index contributed by atoms with van der Waals surface area (Å²) in [5.74, 6) is 2.56. The van der Waals surface area contributed by atoms with Gasteiger partial charge in [0.25, 0.3) is 0 Å². The molecule has 6 nitrogen and oxygen atoms in total. The van der Waals surface area contributed by atoms with Crippen molar-refractivity contribution in [2.24, 2.45) is 4.99 Å². The number of benzene rings is 1. The summed E-state index contributed by atoms with van der Waals surface area (Å²) in [6.45, 7) is 9.10. The van der Waals surface area contributed by atoms with Crippen molar-refractivity contribution in [2.45, 2.75) is 27.2 Å². The van der Waals surface area contributed by atoms with Gasteiger partial charge in [0.05, 0.1) is 24.4 Å². The number of ether oxygens (including phenoxy) is 2. The van der Waals surface area contributed by atoms with Crippen molar-refractivity contribution in [3.8, 4) is 11.5 Å². The van der Waals surface area contributed by atoms with E-state index in [9.17, 15) is 0 Å². The second kappa shape index (κ2) is 12.8. The summed E-state index contributed by atoms with van der Waals surface area (Å²) >= 11 is 1.76. The molecule has 2 aromatic rings. The van der Waals surface area contributed by atoms with Gasteiger partial charge in [0.1, 0.15) is 18.1 Å². The molecule has 0 bridgehead atoms. The molecule has 0 unspecified atom stereocenters. The number of nitrogens with one attached hydrogen (secondary N) is 1. The lowest BCUT2D eigenvalue weighted by Crippen LogP contribution is -2.41. The monoisotopic (exact) mass is 518 g/mol. The van der Waals surface area contributed by atoms with Gasteiger partial charge in [-0.2, -0.15) is 0 Å². The van der Waals surface area contributed by atoms with E-state index in [1.165, 1.54) is 4.88 Å². The molecule has 0 amide bonds. The molecule has 1 heterocycles. The zero-order valence-electron chi connectivity index (χ0n) is 17.3. The largest absolute Gasteiger partial charge is 0.497 e. The van der Waals surface area contributed by atoms with E-state index in [0.717, 1.165) is 54.2 Å². The summed E-state index contributed by atoms with van der Waals surface area (Å²) in [4.78, 5) is 12.6. The molecule has 28 heavy (non-hydrogen) atoms. The Balaban J connectivity index is 0.00000392. The lowest BCUT2D eigenvalue weighted by atomic mass is 10.3. The maximum absolute atomic E-state index is 5.81. The van der Waals surface area contributed by atoms with Gasteiger partial charge in [-0.15, -0.1) is 35.3 Å². The number of methoxy groups -OCH3 is 1. The lowest BCUT2D eigenvalue weighted by molar-refractivity contribution is 0.281. The van der Waals surface area contributed by atoms with E-state index in [4.69, 9.17) is 14.5 Å². The maximum atomic E-state index is 5.81. The van der Waals surface area contributed by atoms with E-state index in [1.807, 2.05) is 38.2 Å². The van der Waals surface area contributed by atoms with Gasteiger partial charge in [-0.1, -0.05) is 0 Å². The summed E-state index contributed by atoms with van der Waals surface area (Å²) in [6.07, 6.45) is 0.919. The molecule has 1 aromatic heterocycles. The Morgan fingerprint density at radius 2 is 1.89 bits per heavy atom. The highest BCUT2D eigenvalue weighted by atomic mass is 127. The number of guanidine groups is 1. The molecule has 0 fully saturated rings. The van der Waals surface area contributed by atoms with Crippen molar-refractivity contribution in [3.05, 3.63) is 39.8 Å². The number of aryl methyl sites for hydroxylation is 2. The molecule has 0 aliphatic heterocycles. The average molecular weight is 518 g/mol.